The lowest BCUT2D eigenvalue weighted by atomic mass is 10.0. The maximum atomic E-state index is 9.46. The molecule has 0 spiro atoms. The van der Waals surface area contributed by atoms with Gasteiger partial charge in [-0.2, -0.15) is 0 Å². The van der Waals surface area contributed by atoms with Crippen LogP contribution in [0, 0.1) is 0 Å². The second kappa shape index (κ2) is 4.98. The Morgan fingerprint density at radius 1 is 1.43 bits per heavy atom. The number of aliphatic hydroxyl groups is 1. The number of hydrogen-bond donors (Lipinski definition) is 3. The molecule has 0 bridgehead atoms. The normalized spacial score (nSPS) is 12.8. The van der Waals surface area contributed by atoms with Crippen LogP contribution in [0.1, 0.15) is 18.1 Å². The molecule has 0 aliphatic heterocycles. The topological polar surface area (TPSA) is 66.5 Å². The fourth-order valence-electron chi connectivity index (χ4n) is 1.46. The first kappa shape index (κ1) is 11.0. The molecule has 1 aromatic carbocycles. The van der Waals surface area contributed by atoms with Crippen LogP contribution in [0.2, 0.25) is 0 Å². The summed E-state index contributed by atoms with van der Waals surface area (Å²) >= 11 is 0. The minimum Gasteiger partial charge on any atom is -0.508 e. The molecule has 0 aliphatic carbocycles. The Morgan fingerprint density at radius 2 is 2.14 bits per heavy atom. The molecule has 0 amide bonds. The fourth-order valence-corrected chi connectivity index (χ4v) is 1.46. The van der Waals surface area contributed by atoms with E-state index in [0.717, 1.165) is 17.5 Å². The second-order valence-corrected chi connectivity index (χ2v) is 3.62. The molecule has 1 unspecified atom stereocenters. The Morgan fingerprint density at radius 3 is 2.71 bits per heavy atom. The summed E-state index contributed by atoms with van der Waals surface area (Å²) in [7, 11) is 0. The van der Waals surface area contributed by atoms with E-state index in [0.29, 0.717) is 6.42 Å². The second-order valence-electron chi connectivity index (χ2n) is 3.62. The first-order chi connectivity index (χ1) is 6.63. The lowest BCUT2D eigenvalue weighted by Gasteiger charge is -2.08. The van der Waals surface area contributed by atoms with Gasteiger partial charge < -0.3 is 15.9 Å². The molecular weight excluding hydrogens is 178 g/mol. The third-order valence-electron chi connectivity index (χ3n) is 2.08. The Bertz CT molecular complexity index is 297. The van der Waals surface area contributed by atoms with Gasteiger partial charge in [-0.1, -0.05) is 12.1 Å². The molecule has 0 aliphatic rings. The van der Waals surface area contributed by atoms with E-state index in [1.807, 2.05) is 19.1 Å². The van der Waals surface area contributed by atoms with E-state index in [-0.39, 0.29) is 18.4 Å². The quantitative estimate of drug-likeness (QED) is 0.666. The first-order valence-corrected chi connectivity index (χ1v) is 4.80. The van der Waals surface area contributed by atoms with Gasteiger partial charge in [0.25, 0.3) is 0 Å². The number of nitrogens with two attached hydrogens (primary N) is 1. The van der Waals surface area contributed by atoms with Gasteiger partial charge in [-0.25, -0.2) is 0 Å². The highest BCUT2D eigenvalue weighted by molar-refractivity contribution is 5.36. The molecule has 3 heteroatoms. The number of phenols is 1. The predicted molar refractivity (Wildman–Crippen MR) is 56.3 cm³/mol. The van der Waals surface area contributed by atoms with Crippen LogP contribution in [0.4, 0.5) is 0 Å². The lowest BCUT2D eigenvalue weighted by molar-refractivity contribution is 0.297. The molecule has 78 valence electrons. The maximum Gasteiger partial charge on any atom is 0.118 e. The van der Waals surface area contributed by atoms with Crippen molar-refractivity contribution in [2.24, 2.45) is 5.73 Å². The molecule has 0 fully saturated rings. The summed E-state index contributed by atoms with van der Waals surface area (Å²) in [5, 5.41) is 18.2. The summed E-state index contributed by atoms with van der Waals surface area (Å²) in [6.45, 7) is 1.99. The number of aliphatic hydroxyl groups excluding tert-OH is 1. The van der Waals surface area contributed by atoms with Crippen molar-refractivity contribution < 1.29 is 10.2 Å². The Hall–Kier alpha value is -1.06. The number of rotatable bonds is 4. The zero-order valence-electron chi connectivity index (χ0n) is 8.40. The average Bonchev–Trinajstić information content (AvgIpc) is 2.10. The van der Waals surface area contributed by atoms with Crippen molar-refractivity contribution in [2.75, 3.05) is 6.61 Å². The molecular formula is C11H17NO2. The fraction of sp³-hybridized carbons (Fsp3) is 0.455. The van der Waals surface area contributed by atoms with Gasteiger partial charge in [-0.3, -0.25) is 0 Å². The van der Waals surface area contributed by atoms with E-state index in [1.165, 1.54) is 0 Å². The summed E-state index contributed by atoms with van der Waals surface area (Å²) in [5.74, 6) is 0.243. The van der Waals surface area contributed by atoms with Crippen LogP contribution in [0.5, 0.6) is 5.75 Å². The van der Waals surface area contributed by atoms with Gasteiger partial charge in [-0.15, -0.1) is 0 Å². The van der Waals surface area contributed by atoms with Gasteiger partial charge in [0, 0.05) is 12.6 Å². The van der Waals surface area contributed by atoms with Gasteiger partial charge in [-0.05, 0) is 37.0 Å². The molecule has 0 saturated heterocycles. The third-order valence-corrected chi connectivity index (χ3v) is 2.08. The first-order valence-electron chi connectivity index (χ1n) is 4.80. The van der Waals surface area contributed by atoms with Crippen molar-refractivity contribution in [1.82, 2.24) is 0 Å². The van der Waals surface area contributed by atoms with Crippen LogP contribution in [0.25, 0.3) is 0 Å². The highest BCUT2D eigenvalue weighted by atomic mass is 16.3. The van der Waals surface area contributed by atoms with Gasteiger partial charge in [0.2, 0.25) is 0 Å². The number of hydrogen-bond acceptors (Lipinski definition) is 3. The molecule has 1 atom stereocenters. The molecule has 0 heterocycles. The van der Waals surface area contributed by atoms with Crippen molar-refractivity contribution >= 4 is 0 Å². The summed E-state index contributed by atoms with van der Waals surface area (Å²) < 4.78 is 0. The van der Waals surface area contributed by atoms with Gasteiger partial charge in [0.15, 0.2) is 0 Å². The van der Waals surface area contributed by atoms with Gasteiger partial charge >= 0.3 is 0 Å². The van der Waals surface area contributed by atoms with E-state index in [2.05, 4.69) is 0 Å². The van der Waals surface area contributed by atoms with Crippen molar-refractivity contribution in [1.29, 1.82) is 0 Å². The largest absolute Gasteiger partial charge is 0.508 e. The zero-order chi connectivity index (χ0) is 10.6. The molecule has 0 aromatic heterocycles. The molecule has 0 saturated carbocycles. The smallest absolute Gasteiger partial charge is 0.118 e. The summed E-state index contributed by atoms with van der Waals surface area (Å²) in [6, 6.07) is 5.53. The van der Waals surface area contributed by atoms with E-state index < -0.39 is 0 Å². The van der Waals surface area contributed by atoms with E-state index in [9.17, 15) is 5.11 Å². The highest BCUT2D eigenvalue weighted by Gasteiger charge is 2.03. The van der Waals surface area contributed by atoms with Crippen molar-refractivity contribution in [2.45, 2.75) is 25.8 Å². The summed E-state index contributed by atoms with van der Waals surface area (Å²) in [4.78, 5) is 0. The highest BCUT2D eigenvalue weighted by Crippen LogP contribution is 2.19. The van der Waals surface area contributed by atoms with E-state index in [4.69, 9.17) is 10.8 Å². The van der Waals surface area contributed by atoms with Crippen LogP contribution in [0.3, 0.4) is 0 Å². The molecule has 0 radical (unpaired) electrons. The monoisotopic (exact) mass is 195 g/mol. The van der Waals surface area contributed by atoms with Crippen molar-refractivity contribution in [3.05, 3.63) is 29.3 Å². The van der Waals surface area contributed by atoms with Crippen LogP contribution >= 0.6 is 0 Å². The molecule has 1 aromatic rings. The van der Waals surface area contributed by atoms with Crippen molar-refractivity contribution in [3.63, 3.8) is 0 Å². The number of phenolic OH excluding ortho intramolecular Hbond substituents is 1. The third kappa shape index (κ3) is 3.01. The molecule has 4 N–H and O–H groups in total. The van der Waals surface area contributed by atoms with Crippen molar-refractivity contribution in [3.8, 4) is 5.75 Å². The molecule has 3 nitrogen and oxygen atoms in total. The average molecular weight is 195 g/mol. The predicted octanol–water partition coefficient (Wildman–Crippen LogP) is 0.817. The van der Waals surface area contributed by atoms with E-state index in [1.54, 1.807) is 6.07 Å². The van der Waals surface area contributed by atoms with Crippen LogP contribution in [-0.2, 0) is 12.8 Å². The number of aromatic hydroxyl groups is 1. The molecule has 1 rings (SSSR count). The summed E-state index contributed by atoms with van der Waals surface area (Å²) in [6.07, 6.45) is 1.28. The van der Waals surface area contributed by atoms with Crippen LogP contribution in [-0.4, -0.2) is 22.9 Å². The zero-order valence-corrected chi connectivity index (χ0v) is 8.40. The number of benzene rings is 1. The molecule has 14 heavy (non-hydrogen) atoms. The van der Waals surface area contributed by atoms with Crippen LogP contribution < -0.4 is 5.73 Å². The summed E-state index contributed by atoms with van der Waals surface area (Å²) in [5.41, 5.74) is 7.56. The minimum absolute atomic E-state index is 0.0508. The van der Waals surface area contributed by atoms with Crippen LogP contribution in [0.15, 0.2) is 18.2 Å². The Balaban J connectivity index is 2.83. The SMILES string of the molecule is CC(N)Cc1ccc(O)c(CCO)c1. The maximum absolute atomic E-state index is 9.46. The Labute approximate surface area is 84.2 Å². The van der Waals surface area contributed by atoms with Gasteiger partial charge in [0.05, 0.1) is 0 Å². The Kier molecular flexibility index (Phi) is 3.92. The minimum atomic E-state index is 0.0508. The van der Waals surface area contributed by atoms with Gasteiger partial charge in [0.1, 0.15) is 5.75 Å². The standard InChI is InChI=1S/C11H17NO2/c1-8(12)6-9-2-3-11(14)10(7-9)4-5-13/h2-3,7-8,13-14H,4-6,12H2,1H3. The van der Waals surface area contributed by atoms with E-state index >= 15 is 0 Å². The lowest BCUT2D eigenvalue weighted by Crippen LogP contribution is -2.17.